The summed E-state index contributed by atoms with van der Waals surface area (Å²) in [6, 6.07) is 8.50. The summed E-state index contributed by atoms with van der Waals surface area (Å²) in [6.45, 7) is 7.19. The number of esters is 1. The van der Waals surface area contributed by atoms with Crippen LogP contribution in [0.5, 0.6) is 5.75 Å². The van der Waals surface area contributed by atoms with Gasteiger partial charge in [0.05, 0.1) is 12.2 Å². The highest BCUT2D eigenvalue weighted by atomic mass is 32.1. The van der Waals surface area contributed by atoms with Crippen LogP contribution in [-0.4, -0.2) is 31.0 Å². The number of anilines is 2. The van der Waals surface area contributed by atoms with Gasteiger partial charge in [-0.3, -0.25) is 9.59 Å². The number of ether oxygens (including phenoxy) is 2. The fraction of sp³-hybridized carbons (Fsp3) is 0.350. The molecule has 0 bridgehead atoms. The average Bonchev–Trinajstić information content (AvgIpc) is 3.04. The van der Waals surface area contributed by atoms with E-state index in [-0.39, 0.29) is 25.0 Å². The summed E-state index contributed by atoms with van der Waals surface area (Å²) in [6.07, 6.45) is 0. The van der Waals surface area contributed by atoms with Crippen LogP contribution in [0.15, 0.2) is 30.3 Å². The number of nitrogens with one attached hydrogen (secondary N) is 2. The highest BCUT2D eigenvalue weighted by molar-refractivity contribution is 7.16. The van der Waals surface area contributed by atoms with Crippen LogP contribution in [0.1, 0.15) is 48.8 Å². The van der Waals surface area contributed by atoms with Gasteiger partial charge in [0.1, 0.15) is 10.8 Å². The lowest BCUT2D eigenvalue weighted by atomic mass is 10.1. The van der Waals surface area contributed by atoms with Crippen LogP contribution in [0.25, 0.3) is 0 Å². The smallest absolute Gasteiger partial charge is 0.341 e. The lowest BCUT2D eigenvalue weighted by Crippen LogP contribution is -2.21. The van der Waals surface area contributed by atoms with Crippen molar-refractivity contribution in [1.29, 1.82) is 0 Å². The Kier molecular flexibility index (Phi) is 7.57. The minimum Gasteiger partial charge on any atom is -0.484 e. The van der Waals surface area contributed by atoms with Gasteiger partial charge in [-0.1, -0.05) is 19.9 Å². The molecule has 0 atom stereocenters. The predicted molar refractivity (Wildman–Crippen MR) is 109 cm³/mol. The molecule has 0 fully saturated rings. The van der Waals surface area contributed by atoms with Crippen LogP contribution in [0.4, 0.5) is 10.7 Å². The third-order valence-corrected chi connectivity index (χ3v) is 4.94. The number of benzene rings is 1. The van der Waals surface area contributed by atoms with Crippen LogP contribution in [0, 0.1) is 0 Å². The molecular weight excluding hydrogens is 380 g/mol. The molecule has 0 aliphatic rings. The van der Waals surface area contributed by atoms with Crippen molar-refractivity contribution in [1.82, 2.24) is 0 Å². The molecule has 1 aromatic carbocycles. The minimum atomic E-state index is -0.468. The van der Waals surface area contributed by atoms with Gasteiger partial charge in [0, 0.05) is 23.6 Å². The molecule has 2 rings (SSSR count). The average molecular weight is 404 g/mol. The predicted octanol–water partition coefficient (Wildman–Crippen LogP) is 4.02. The number of thiophene rings is 1. The van der Waals surface area contributed by atoms with Crippen LogP contribution >= 0.6 is 11.3 Å². The summed E-state index contributed by atoms with van der Waals surface area (Å²) in [7, 11) is 0. The van der Waals surface area contributed by atoms with E-state index < -0.39 is 11.9 Å². The van der Waals surface area contributed by atoms with Gasteiger partial charge in [-0.05, 0) is 31.0 Å². The van der Waals surface area contributed by atoms with Crippen molar-refractivity contribution in [2.45, 2.75) is 33.6 Å². The van der Waals surface area contributed by atoms with Crippen molar-refractivity contribution in [2.24, 2.45) is 0 Å². The number of carbonyl (C=O) groups is 3. The molecule has 8 heteroatoms. The van der Waals surface area contributed by atoms with Gasteiger partial charge >= 0.3 is 5.97 Å². The Bertz CT molecular complexity index is 860. The fourth-order valence-corrected chi connectivity index (χ4v) is 3.39. The monoisotopic (exact) mass is 404 g/mol. The maximum atomic E-state index is 12.3. The first kappa shape index (κ1) is 21.4. The number of amides is 2. The molecule has 0 spiro atoms. The largest absolute Gasteiger partial charge is 0.484 e. The highest BCUT2D eigenvalue weighted by Gasteiger charge is 2.20. The van der Waals surface area contributed by atoms with E-state index in [0.29, 0.717) is 22.0 Å². The Balaban J connectivity index is 2.04. The second kappa shape index (κ2) is 9.89. The summed E-state index contributed by atoms with van der Waals surface area (Å²) in [5, 5.41) is 5.82. The number of hydrogen-bond donors (Lipinski definition) is 2. The maximum absolute atomic E-state index is 12.3. The van der Waals surface area contributed by atoms with Gasteiger partial charge in [0.2, 0.25) is 5.91 Å². The lowest BCUT2D eigenvalue weighted by Gasteiger charge is -2.09. The van der Waals surface area contributed by atoms with Crippen LogP contribution in [0.3, 0.4) is 0 Å². The molecule has 1 heterocycles. The first-order valence-corrected chi connectivity index (χ1v) is 9.73. The molecule has 2 aromatic rings. The quantitative estimate of drug-likeness (QED) is 0.648. The first-order chi connectivity index (χ1) is 13.3. The van der Waals surface area contributed by atoms with Crippen LogP contribution in [0.2, 0.25) is 0 Å². The van der Waals surface area contributed by atoms with Crippen molar-refractivity contribution in [3.63, 3.8) is 0 Å². The van der Waals surface area contributed by atoms with E-state index in [1.165, 1.54) is 18.3 Å². The van der Waals surface area contributed by atoms with E-state index in [0.717, 1.165) is 4.88 Å². The Morgan fingerprint density at radius 3 is 2.54 bits per heavy atom. The lowest BCUT2D eigenvalue weighted by molar-refractivity contribution is -0.118. The van der Waals surface area contributed by atoms with E-state index in [2.05, 4.69) is 10.6 Å². The number of hydrogen-bond acceptors (Lipinski definition) is 6. The van der Waals surface area contributed by atoms with Crippen LogP contribution in [-0.2, 0) is 14.3 Å². The molecule has 1 aromatic heterocycles. The summed E-state index contributed by atoms with van der Waals surface area (Å²) >= 11 is 1.35. The molecule has 7 nitrogen and oxygen atoms in total. The Hall–Kier alpha value is -2.87. The minimum absolute atomic E-state index is 0.194. The third kappa shape index (κ3) is 6.09. The molecule has 0 saturated carbocycles. The summed E-state index contributed by atoms with van der Waals surface area (Å²) in [4.78, 5) is 36.6. The standard InChI is InChI=1S/C20H24N2O5S/c1-5-26-20(25)16-10-17(12(2)3)28-19(16)22-18(24)11-27-15-8-6-7-14(9-15)21-13(4)23/h6-10,12H,5,11H2,1-4H3,(H,21,23)(H,22,24). The topological polar surface area (TPSA) is 93.7 Å². The Labute approximate surface area is 168 Å². The van der Waals surface area contributed by atoms with E-state index in [9.17, 15) is 14.4 Å². The Morgan fingerprint density at radius 2 is 1.89 bits per heavy atom. The van der Waals surface area contributed by atoms with Gasteiger partial charge in [-0.15, -0.1) is 11.3 Å². The fourth-order valence-electron chi connectivity index (χ4n) is 2.33. The van der Waals surface area contributed by atoms with E-state index >= 15 is 0 Å². The molecule has 0 aliphatic carbocycles. The van der Waals surface area contributed by atoms with Crippen molar-refractivity contribution in [3.05, 3.63) is 40.8 Å². The molecule has 150 valence electrons. The number of rotatable bonds is 8. The molecule has 0 aliphatic heterocycles. The molecular formula is C20H24N2O5S. The zero-order valence-electron chi connectivity index (χ0n) is 16.3. The zero-order chi connectivity index (χ0) is 20.7. The molecule has 2 N–H and O–H groups in total. The second-order valence-electron chi connectivity index (χ2n) is 6.31. The first-order valence-electron chi connectivity index (χ1n) is 8.91. The molecule has 2 amide bonds. The van der Waals surface area contributed by atoms with Gasteiger partial charge in [-0.2, -0.15) is 0 Å². The van der Waals surface area contributed by atoms with Gasteiger partial charge < -0.3 is 20.1 Å². The summed E-state index contributed by atoms with van der Waals surface area (Å²) < 4.78 is 10.6. The molecule has 0 unspecified atom stereocenters. The van der Waals surface area contributed by atoms with Crippen molar-refractivity contribution < 1.29 is 23.9 Å². The van der Waals surface area contributed by atoms with Gasteiger partial charge in [0.25, 0.3) is 5.91 Å². The van der Waals surface area contributed by atoms with E-state index in [1.54, 1.807) is 37.3 Å². The molecule has 28 heavy (non-hydrogen) atoms. The van der Waals surface area contributed by atoms with Crippen molar-refractivity contribution in [2.75, 3.05) is 23.8 Å². The second-order valence-corrected chi connectivity index (χ2v) is 7.40. The maximum Gasteiger partial charge on any atom is 0.341 e. The van der Waals surface area contributed by atoms with Crippen molar-refractivity contribution >= 4 is 39.8 Å². The zero-order valence-corrected chi connectivity index (χ0v) is 17.1. The third-order valence-electron chi connectivity index (χ3n) is 3.59. The van der Waals surface area contributed by atoms with Crippen molar-refractivity contribution in [3.8, 4) is 5.75 Å². The molecule has 0 radical (unpaired) electrons. The normalized spacial score (nSPS) is 10.5. The molecule has 0 saturated heterocycles. The van der Waals surface area contributed by atoms with Crippen LogP contribution < -0.4 is 15.4 Å². The number of carbonyl (C=O) groups excluding carboxylic acids is 3. The van der Waals surface area contributed by atoms with E-state index in [1.807, 2.05) is 13.8 Å². The SMILES string of the molecule is CCOC(=O)c1cc(C(C)C)sc1NC(=O)COc1cccc(NC(C)=O)c1. The van der Waals surface area contributed by atoms with E-state index in [4.69, 9.17) is 9.47 Å². The summed E-state index contributed by atoms with van der Waals surface area (Å²) in [5.74, 6) is -0.393. The Morgan fingerprint density at radius 1 is 1.14 bits per heavy atom. The van der Waals surface area contributed by atoms with Gasteiger partial charge in [0.15, 0.2) is 6.61 Å². The summed E-state index contributed by atoms with van der Waals surface area (Å²) in [5.41, 5.74) is 0.923. The highest BCUT2D eigenvalue weighted by Crippen LogP contribution is 2.33. The van der Waals surface area contributed by atoms with Gasteiger partial charge in [-0.25, -0.2) is 4.79 Å².